The van der Waals surface area contributed by atoms with Crippen LogP contribution >= 0.6 is 22.6 Å². The molecule has 0 aromatic heterocycles. The van der Waals surface area contributed by atoms with Crippen molar-refractivity contribution in [2.24, 2.45) is 11.8 Å². The smallest absolute Gasteiger partial charge is 0.241 e. The number of halogens is 1. The van der Waals surface area contributed by atoms with Crippen molar-refractivity contribution in [1.82, 2.24) is 0 Å². The summed E-state index contributed by atoms with van der Waals surface area (Å²) in [5, 5.41) is 0. The molecule has 2 saturated heterocycles. The van der Waals surface area contributed by atoms with Crippen LogP contribution in [0.1, 0.15) is 13.8 Å². The Hall–Kier alpha value is -1.21. The van der Waals surface area contributed by atoms with E-state index in [1.54, 1.807) is 6.07 Å². The molecular weight excluding hydrogens is 381 g/mol. The van der Waals surface area contributed by atoms with E-state index in [0.717, 1.165) is 3.57 Å². The van der Waals surface area contributed by atoms with E-state index in [4.69, 9.17) is 4.74 Å². The summed E-state index contributed by atoms with van der Waals surface area (Å²) < 4.78 is 6.98. The highest BCUT2D eigenvalue weighted by atomic mass is 127. The van der Waals surface area contributed by atoms with Crippen molar-refractivity contribution in [2.45, 2.75) is 25.0 Å². The highest BCUT2D eigenvalue weighted by molar-refractivity contribution is 14.1. The number of amides is 2. The summed E-state index contributed by atoms with van der Waals surface area (Å²) in [4.78, 5) is 27.0. The first-order chi connectivity index (χ1) is 9.86. The molecule has 0 radical (unpaired) electrons. The lowest BCUT2D eigenvalue weighted by Crippen LogP contribution is -2.39. The third-order valence-corrected chi connectivity index (χ3v) is 5.46. The summed E-state index contributed by atoms with van der Waals surface area (Å²) in [7, 11) is 0. The van der Waals surface area contributed by atoms with Crippen LogP contribution in [0.4, 0.5) is 5.69 Å². The molecule has 2 bridgehead atoms. The van der Waals surface area contributed by atoms with Crippen LogP contribution in [-0.4, -0.2) is 23.0 Å². The van der Waals surface area contributed by atoms with Crippen LogP contribution in [0.2, 0.25) is 0 Å². The average molecular weight is 395 g/mol. The standard InChI is InChI=1S/C16H14INO3/c1-15-6-7-16(2,21-15)12-11(15)13(19)18(14(12)20)10-5-3-4-9(17)8-10/h3-8,11-12H,1-2H3/t11-,12-,15-,16+/m0/s1. The van der Waals surface area contributed by atoms with Gasteiger partial charge in [0.05, 0.1) is 28.7 Å². The van der Waals surface area contributed by atoms with E-state index in [1.165, 1.54) is 4.90 Å². The Morgan fingerprint density at radius 1 is 1.10 bits per heavy atom. The van der Waals surface area contributed by atoms with Crippen molar-refractivity contribution < 1.29 is 14.3 Å². The van der Waals surface area contributed by atoms with Gasteiger partial charge < -0.3 is 4.74 Å². The van der Waals surface area contributed by atoms with Crippen LogP contribution < -0.4 is 4.90 Å². The minimum absolute atomic E-state index is 0.150. The highest BCUT2D eigenvalue weighted by Crippen LogP contribution is 2.57. The molecule has 3 aliphatic rings. The predicted octanol–water partition coefficient (Wildman–Crippen LogP) is 2.51. The quantitative estimate of drug-likeness (QED) is 0.417. The topological polar surface area (TPSA) is 46.6 Å². The number of hydrogen-bond donors (Lipinski definition) is 0. The Labute approximate surface area is 136 Å². The molecule has 1 aromatic rings. The minimum atomic E-state index is -0.664. The van der Waals surface area contributed by atoms with Gasteiger partial charge in [-0.25, -0.2) is 4.90 Å². The number of benzene rings is 1. The van der Waals surface area contributed by atoms with Crippen LogP contribution in [0.25, 0.3) is 0 Å². The monoisotopic (exact) mass is 395 g/mol. The zero-order valence-electron chi connectivity index (χ0n) is 11.7. The first-order valence-corrected chi connectivity index (χ1v) is 7.98. The maximum atomic E-state index is 12.8. The predicted molar refractivity (Wildman–Crippen MR) is 85.7 cm³/mol. The molecule has 4 atom stereocenters. The fourth-order valence-electron chi connectivity index (χ4n) is 3.90. The molecule has 3 heterocycles. The third kappa shape index (κ3) is 1.59. The normalized spacial score (nSPS) is 40.2. The van der Waals surface area contributed by atoms with Crippen molar-refractivity contribution in [2.75, 3.05) is 4.90 Å². The molecule has 4 nitrogen and oxygen atoms in total. The molecule has 4 rings (SSSR count). The number of carbonyl (C=O) groups is 2. The van der Waals surface area contributed by atoms with Gasteiger partial charge in [0.2, 0.25) is 11.8 Å². The van der Waals surface area contributed by atoms with Gasteiger partial charge in [0.25, 0.3) is 0 Å². The number of nitrogens with zero attached hydrogens (tertiary/aromatic N) is 1. The number of carbonyl (C=O) groups excluding carboxylic acids is 2. The highest BCUT2D eigenvalue weighted by Gasteiger charge is 2.70. The summed E-state index contributed by atoms with van der Waals surface area (Å²) in [5.74, 6) is -1.14. The summed E-state index contributed by atoms with van der Waals surface area (Å²) in [6, 6.07) is 7.46. The van der Waals surface area contributed by atoms with Crippen LogP contribution in [-0.2, 0) is 14.3 Å². The fourth-order valence-corrected chi connectivity index (χ4v) is 4.43. The van der Waals surface area contributed by atoms with Gasteiger partial charge in [0.15, 0.2) is 0 Å². The molecule has 0 saturated carbocycles. The number of imide groups is 1. The molecule has 21 heavy (non-hydrogen) atoms. The second-order valence-electron chi connectivity index (χ2n) is 6.25. The molecule has 0 spiro atoms. The summed E-state index contributed by atoms with van der Waals surface area (Å²) in [6.45, 7) is 3.78. The molecule has 5 heteroatoms. The average Bonchev–Trinajstić information content (AvgIpc) is 2.95. The Bertz CT molecular complexity index is 679. The van der Waals surface area contributed by atoms with Gasteiger partial charge in [0.1, 0.15) is 0 Å². The van der Waals surface area contributed by atoms with Crippen LogP contribution in [0.15, 0.2) is 36.4 Å². The molecule has 3 aliphatic heterocycles. The van der Waals surface area contributed by atoms with Crippen molar-refractivity contribution in [3.8, 4) is 0 Å². The Balaban J connectivity index is 1.82. The molecule has 108 valence electrons. The summed E-state index contributed by atoms with van der Waals surface area (Å²) in [6.07, 6.45) is 3.86. The lowest BCUT2D eigenvalue weighted by atomic mass is 9.73. The van der Waals surface area contributed by atoms with Crippen molar-refractivity contribution in [3.05, 3.63) is 40.0 Å². The van der Waals surface area contributed by atoms with Gasteiger partial charge in [-0.15, -0.1) is 0 Å². The van der Waals surface area contributed by atoms with Gasteiger partial charge in [-0.1, -0.05) is 18.2 Å². The number of hydrogen-bond acceptors (Lipinski definition) is 3. The van der Waals surface area contributed by atoms with E-state index in [1.807, 2.05) is 44.2 Å². The lowest BCUT2D eigenvalue weighted by Gasteiger charge is -2.25. The van der Waals surface area contributed by atoms with Gasteiger partial charge >= 0.3 is 0 Å². The van der Waals surface area contributed by atoms with E-state index in [0.29, 0.717) is 5.69 Å². The van der Waals surface area contributed by atoms with Crippen LogP contribution in [0, 0.1) is 15.4 Å². The number of ether oxygens (including phenoxy) is 1. The van der Waals surface area contributed by atoms with Crippen LogP contribution in [0.3, 0.4) is 0 Å². The van der Waals surface area contributed by atoms with E-state index in [2.05, 4.69) is 22.6 Å². The SMILES string of the molecule is C[C@]12C=C[C@](C)(O1)[C@@H]1C(=O)N(c3cccc(I)c3)C(=O)[C@H]12. The second-order valence-corrected chi connectivity index (χ2v) is 7.50. The Kier molecular flexibility index (Phi) is 2.53. The second kappa shape index (κ2) is 3.95. The van der Waals surface area contributed by atoms with E-state index in [-0.39, 0.29) is 11.8 Å². The van der Waals surface area contributed by atoms with Crippen molar-refractivity contribution >= 4 is 40.1 Å². The van der Waals surface area contributed by atoms with Crippen LogP contribution in [0.5, 0.6) is 0 Å². The van der Waals surface area contributed by atoms with Gasteiger partial charge in [-0.2, -0.15) is 0 Å². The van der Waals surface area contributed by atoms with E-state index < -0.39 is 23.0 Å². The molecule has 1 aromatic carbocycles. The van der Waals surface area contributed by atoms with Gasteiger partial charge in [0, 0.05) is 3.57 Å². The molecule has 0 unspecified atom stereocenters. The molecular formula is C16H14INO3. The fraction of sp³-hybridized carbons (Fsp3) is 0.375. The maximum absolute atomic E-state index is 12.8. The van der Waals surface area contributed by atoms with E-state index >= 15 is 0 Å². The van der Waals surface area contributed by atoms with Crippen molar-refractivity contribution in [3.63, 3.8) is 0 Å². The third-order valence-electron chi connectivity index (χ3n) is 4.79. The van der Waals surface area contributed by atoms with Gasteiger partial charge in [-0.3, -0.25) is 9.59 Å². The molecule has 2 fully saturated rings. The molecule has 0 N–H and O–H groups in total. The summed E-state index contributed by atoms with van der Waals surface area (Å²) in [5.41, 5.74) is -0.677. The minimum Gasteiger partial charge on any atom is -0.359 e. The molecule has 2 amide bonds. The Morgan fingerprint density at radius 2 is 1.67 bits per heavy atom. The zero-order valence-corrected chi connectivity index (χ0v) is 13.8. The summed E-state index contributed by atoms with van der Waals surface area (Å²) >= 11 is 2.18. The first-order valence-electron chi connectivity index (χ1n) is 6.90. The molecule has 0 aliphatic carbocycles. The Morgan fingerprint density at radius 3 is 2.19 bits per heavy atom. The van der Waals surface area contributed by atoms with Crippen molar-refractivity contribution in [1.29, 1.82) is 0 Å². The first kappa shape index (κ1) is 13.5. The van der Waals surface area contributed by atoms with E-state index in [9.17, 15) is 9.59 Å². The lowest BCUT2D eigenvalue weighted by molar-refractivity contribution is -0.128. The van der Waals surface area contributed by atoms with Gasteiger partial charge in [-0.05, 0) is 54.6 Å². The zero-order chi connectivity index (χ0) is 15.0. The number of fused-ring (bicyclic) bond motifs is 5. The maximum Gasteiger partial charge on any atom is 0.241 e. The number of rotatable bonds is 1. The number of anilines is 1. The largest absolute Gasteiger partial charge is 0.359 e.